The predicted octanol–water partition coefficient (Wildman–Crippen LogP) is 1.55. The van der Waals surface area contributed by atoms with Crippen LogP contribution >= 0.6 is 0 Å². The Morgan fingerprint density at radius 1 is 1.32 bits per heavy atom. The van der Waals surface area contributed by atoms with E-state index in [4.69, 9.17) is 0 Å². The fraction of sp³-hybridized carbons (Fsp3) is 0.333. The van der Waals surface area contributed by atoms with E-state index in [9.17, 15) is 13.2 Å². The summed E-state index contributed by atoms with van der Waals surface area (Å²) in [5.74, 6) is 0.258. The van der Waals surface area contributed by atoms with Crippen molar-refractivity contribution in [2.24, 2.45) is 0 Å². The van der Waals surface area contributed by atoms with Crippen molar-refractivity contribution in [3.8, 4) is 0 Å². The molecule has 4 rings (SSSR count). The highest BCUT2D eigenvalue weighted by Crippen LogP contribution is 2.27. The lowest BCUT2D eigenvalue weighted by Crippen LogP contribution is -2.13. The first-order valence-corrected chi connectivity index (χ1v) is 8.99. The fourth-order valence-electron chi connectivity index (χ4n) is 3.22. The monoisotopic (exact) mass is 317 g/mol. The zero-order chi connectivity index (χ0) is 15.5. The lowest BCUT2D eigenvalue weighted by molar-refractivity contribution is 0.509. The maximum atomic E-state index is 12.7. The number of rotatable bonds is 1. The van der Waals surface area contributed by atoms with Gasteiger partial charge in [0.2, 0.25) is 5.43 Å². The van der Waals surface area contributed by atoms with E-state index in [1.54, 1.807) is 17.7 Å². The van der Waals surface area contributed by atoms with E-state index >= 15 is 0 Å². The minimum atomic E-state index is -3.01. The van der Waals surface area contributed by atoms with Crippen LogP contribution in [0.1, 0.15) is 18.2 Å². The summed E-state index contributed by atoms with van der Waals surface area (Å²) in [6.07, 6.45) is 0.535. The molecule has 1 unspecified atom stereocenters. The second kappa shape index (κ2) is 4.42. The topological polar surface area (TPSA) is 84.8 Å². The summed E-state index contributed by atoms with van der Waals surface area (Å²) in [5.41, 5.74) is 1.92. The summed E-state index contributed by atoms with van der Waals surface area (Å²) in [4.78, 5) is 15.9. The van der Waals surface area contributed by atoms with Crippen LogP contribution in [0.2, 0.25) is 0 Å². The number of fused-ring (bicyclic) bond motifs is 2. The fourth-order valence-corrected chi connectivity index (χ4v) is 4.92. The molecule has 1 aromatic carbocycles. The van der Waals surface area contributed by atoms with Crippen LogP contribution in [0.3, 0.4) is 0 Å². The molecule has 1 atom stereocenters. The van der Waals surface area contributed by atoms with Crippen molar-refractivity contribution in [1.29, 1.82) is 0 Å². The van der Waals surface area contributed by atoms with Crippen LogP contribution in [0.15, 0.2) is 29.1 Å². The van der Waals surface area contributed by atoms with E-state index < -0.39 is 9.84 Å². The number of aromatic nitrogens is 3. The number of aryl methyl sites for hydroxylation is 1. The SMILES string of the molecule is Cc1nn(C2CCS(=O)(=O)C2)c2[nH]c3ccccc3c(=O)c12. The molecular weight excluding hydrogens is 302 g/mol. The maximum Gasteiger partial charge on any atom is 0.200 e. The van der Waals surface area contributed by atoms with Crippen LogP contribution in [0.4, 0.5) is 0 Å². The molecule has 1 fully saturated rings. The average molecular weight is 317 g/mol. The Labute approximate surface area is 126 Å². The number of para-hydroxylation sites is 1. The number of aromatic amines is 1. The molecule has 0 amide bonds. The molecular formula is C15H15N3O3S. The van der Waals surface area contributed by atoms with Gasteiger partial charge in [-0.25, -0.2) is 13.1 Å². The molecule has 3 aromatic rings. The Kier molecular flexibility index (Phi) is 2.72. The van der Waals surface area contributed by atoms with E-state index in [1.807, 2.05) is 18.2 Å². The second-order valence-corrected chi connectivity index (χ2v) is 8.04. The van der Waals surface area contributed by atoms with Crippen molar-refractivity contribution in [3.63, 3.8) is 0 Å². The van der Waals surface area contributed by atoms with Crippen molar-refractivity contribution >= 4 is 31.8 Å². The van der Waals surface area contributed by atoms with Crippen LogP contribution in [-0.2, 0) is 9.84 Å². The first kappa shape index (κ1) is 13.5. The molecule has 1 aliphatic heterocycles. The summed E-state index contributed by atoms with van der Waals surface area (Å²) >= 11 is 0. The third kappa shape index (κ3) is 1.89. The zero-order valence-electron chi connectivity index (χ0n) is 12.0. The Balaban J connectivity index is 2.04. The van der Waals surface area contributed by atoms with Crippen LogP contribution in [-0.4, -0.2) is 34.7 Å². The first-order valence-electron chi connectivity index (χ1n) is 7.16. The number of sulfone groups is 1. The van der Waals surface area contributed by atoms with Crippen LogP contribution in [0, 0.1) is 6.92 Å². The van der Waals surface area contributed by atoms with E-state index in [2.05, 4.69) is 10.1 Å². The van der Waals surface area contributed by atoms with Gasteiger partial charge in [-0.2, -0.15) is 5.10 Å². The van der Waals surface area contributed by atoms with Crippen molar-refractivity contribution in [1.82, 2.24) is 14.8 Å². The van der Waals surface area contributed by atoms with Gasteiger partial charge < -0.3 is 4.98 Å². The van der Waals surface area contributed by atoms with E-state index in [1.165, 1.54) is 0 Å². The number of pyridine rings is 1. The van der Waals surface area contributed by atoms with Crippen molar-refractivity contribution in [2.75, 3.05) is 11.5 Å². The van der Waals surface area contributed by atoms with E-state index in [0.717, 1.165) is 5.52 Å². The Morgan fingerprint density at radius 2 is 2.09 bits per heavy atom. The highest BCUT2D eigenvalue weighted by molar-refractivity contribution is 7.91. The van der Waals surface area contributed by atoms with Gasteiger partial charge in [-0.15, -0.1) is 0 Å². The van der Waals surface area contributed by atoms with Gasteiger partial charge in [0, 0.05) is 5.39 Å². The molecule has 2 aromatic heterocycles. The third-order valence-corrected chi connectivity index (χ3v) is 6.04. The number of nitrogens with one attached hydrogen (secondary N) is 1. The molecule has 3 heterocycles. The number of H-pyrrole nitrogens is 1. The van der Waals surface area contributed by atoms with Crippen molar-refractivity contribution in [2.45, 2.75) is 19.4 Å². The number of nitrogens with zero attached hydrogens (tertiary/aromatic N) is 2. The zero-order valence-corrected chi connectivity index (χ0v) is 12.9. The summed E-state index contributed by atoms with van der Waals surface area (Å²) in [5, 5.41) is 5.61. The van der Waals surface area contributed by atoms with Gasteiger partial charge in [0.05, 0.1) is 34.1 Å². The molecule has 7 heteroatoms. The minimum Gasteiger partial charge on any atom is -0.339 e. The van der Waals surface area contributed by atoms with Gasteiger partial charge in [-0.05, 0) is 25.5 Å². The van der Waals surface area contributed by atoms with Crippen molar-refractivity contribution in [3.05, 3.63) is 40.2 Å². The molecule has 22 heavy (non-hydrogen) atoms. The maximum absolute atomic E-state index is 12.7. The van der Waals surface area contributed by atoms with E-state index in [0.29, 0.717) is 28.5 Å². The summed E-state index contributed by atoms with van der Waals surface area (Å²) in [6.45, 7) is 1.78. The van der Waals surface area contributed by atoms with Crippen LogP contribution < -0.4 is 5.43 Å². The molecule has 0 bridgehead atoms. The van der Waals surface area contributed by atoms with Crippen LogP contribution in [0.25, 0.3) is 21.9 Å². The summed E-state index contributed by atoms with van der Waals surface area (Å²) in [6, 6.07) is 7.10. The standard InChI is InChI=1S/C15H15N3O3S/c1-9-13-14(19)11-4-2-3-5-12(11)16-15(13)18(17-9)10-6-7-22(20,21)8-10/h2-5,10H,6-8H2,1H3,(H,16,19). The highest BCUT2D eigenvalue weighted by atomic mass is 32.2. The largest absolute Gasteiger partial charge is 0.339 e. The molecule has 114 valence electrons. The molecule has 0 spiro atoms. The van der Waals surface area contributed by atoms with E-state index in [-0.39, 0.29) is 23.0 Å². The third-order valence-electron chi connectivity index (χ3n) is 4.29. The quantitative estimate of drug-likeness (QED) is 0.738. The smallest absolute Gasteiger partial charge is 0.200 e. The van der Waals surface area contributed by atoms with Gasteiger partial charge in [-0.3, -0.25) is 4.79 Å². The molecule has 1 N–H and O–H groups in total. The lowest BCUT2D eigenvalue weighted by atomic mass is 10.1. The second-order valence-electron chi connectivity index (χ2n) is 5.81. The van der Waals surface area contributed by atoms with Gasteiger partial charge in [0.15, 0.2) is 9.84 Å². The normalized spacial score (nSPS) is 20.9. The first-order chi connectivity index (χ1) is 10.5. The van der Waals surface area contributed by atoms with Gasteiger partial charge >= 0.3 is 0 Å². The molecule has 0 aliphatic carbocycles. The summed E-state index contributed by atoms with van der Waals surface area (Å²) in [7, 11) is -3.01. The number of hydrogen-bond donors (Lipinski definition) is 1. The predicted molar refractivity (Wildman–Crippen MR) is 84.9 cm³/mol. The molecule has 1 saturated heterocycles. The molecule has 1 aliphatic rings. The molecule has 0 radical (unpaired) electrons. The Hall–Kier alpha value is -2.15. The highest BCUT2D eigenvalue weighted by Gasteiger charge is 2.31. The number of benzene rings is 1. The van der Waals surface area contributed by atoms with Crippen molar-refractivity contribution < 1.29 is 8.42 Å². The molecule has 6 nitrogen and oxygen atoms in total. The Morgan fingerprint density at radius 3 is 2.82 bits per heavy atom. The van der Waals surface area contributed by atoms with Gasteiger partial charge in [0.1, 0.15) is 5.65 Å². The van der Waals surface area contributed by atoms with Crippen LogP contribution in [0.5, 0.6) is 0 Å². The summed E-state index contributed by atoms with van der Waals surface area (Å²) < 4.78 is 25.1. The molecule has 0 saturated carbocycles. The minimum absolute atomic E-state index is 0.0612. The Bertz CT molecular complexity index is 1060. The average Bonchev–Trinajstić information content (AvgIpc) is 2.99. The number of hydrogen-bond acceptors (Lipinski definition) is 4. The van der Waals surface area contributed by atoms with Gasteiger partial charge in [0.25, 0.3) is 0 Å². The van der Waals surface area contributed by atoms with Gasteiger partial charge in [-0.1, -0.05) is 12.1 Å². The lowest BCUT2D eigenvalue weighted by Gasteiger charge is -2.10.